The average molecular weight is 251 g/mol. The first-order valence-corrected chi connectivity index (χ1v) is 6.90. The number of rotatable bonds is 2. The van der Waals surface area contributed by atoms with Crippen molar-refractivity contribution >= 4 is 0 Å². The largest absolute Gasteiger partial charge is 0.288 e. The molecule has 1 aromatic carbocycles. The minimum absolute atomic E-state index is 0.171. The first-order valence-electron chi connectivity index (χ1n) is 6.90. The Bertz CT molecular complexity index is 336. The highest BCUT2D eigenvalue weighted by Crippen LogP contribution is 2.11. The van der Waals surface area contributed by atoms with Crippen LogP contribution in [0.5, 0.6) is 0 Å². The number of hydrogen-bond acceptors (Lipinski definition) is 2. The highest BCUT2D eigenvalue weighted by molar-refractivity contribution is 5.21. The van der Waals surface area contributed by atoms with Crippen LogP contribution in [0.25, 0.3) is 0 Å². The van der Waals surface area contributed by atoms with Gasteiger partial charge < -0.3 is 0 Å². The molecule has 0 aromatic heterocycles. The Morgan fingerprint density at radius 1 is 1.11 bits per heavy atom. The van der Waals surface area contributed by atoms with Crippen LogP contribution in [0.3, 0.4) is 0 Å². The molecule has 0 aliphatic carbocycles. The molecule has 1 saturated heterocycles. The van der Waals surface area contributed by atoms with Crippen molar-refractivity contribution < 1.29 is 9.85 Å². The third-order valence-electron chi connectivity index (χ3n) is 3.32. The maximum Gasteiger partial charge on any atom is 0.121 e. The topological polar surface area (TPSA) is 23.5 Å². The quantitative estimate of drug-likeness (QED) is 0.817. The number of hydrogen-bond donors (Lipinski definition) is 1. The molecule has 18 heavy (non-hydrogen) atoms. The summed E-state index contributed by atoms with van der Waals surface area (Å²) in [5.41, 5.74) is 2.67. The van der Waals surface area contributed by atoms with Gasteiger partial charge in [-0.05, 0) is 12.5 Å². The predicted octanol–water partition coefficient (Wildman–Crippen LogP) is 2.67. The van der Waals surface area contributed by atoms with Crippen molar-refractivity contribution in [3.63, 3.8) is 0 Å². The molecule has 0 saturated carbocycles. The first kappa shape index (κ1) is 15.2. The van der Waals surface area contributed by atoms with E-state index in [2.05, 4.69) is 36.1 Å². The molecular weight excluding hydrogens is 224 g/mol. The molecule has 1 aliphatic rings. The minimum atomic E-state index is 0.171. The van der Waals surface area contributed by atoms with E-state index < -0.39 is 0 Å². The highest BCUT2D eigenvalue weighted by atomic mass is 16.5. The van der Waals surface area contributed by atoms with Crippen LogP contribution in [0.1, 0.15) is 25.0 Å². The summed E-state index contributed by atoms with van der Waals surface area (Å²) in [6.07, 6.45) is 0. The molecule has 1 aromatic rings. The molecule has 0 unspecified atom stereocenters. The van der Waals surface area contributed by atoms with Crippen molar-refractivity contribution in [2.24, 2.45) is 0 Å². The summed E-state index contributed by atoms with van der Waals surface area (Å²) < 4.78 is 0.171. The van der Waals surface area contributed by atoms with Gasteiger partial charge in [-0.1, -0.05) is 43.7 Å². The Morgan fingerprint density at radius 3 is 2.11 bits per heavy atom. The van der Waals surface area contributed by atoms with Gasteiger partial charge in [0.05, 0.1) is 20.1 Å². The number of benzene rings is 1. The molecule has 102 valence electrons. The molecule has 2 rings (SSSR count). The molecule has 1 N–H and O–H groups in total. The van der Waals surface area contributed by atoms with Gasteiger partial charge in [-0.3, -0.25) is 4.90 Å². The van der Waals surface area contributed by atoms with Gasteiger partial charge in [0.1, 0.15) is 13.1 Å². The lowest BCUT2D eigenvalue weighted by atomic mass is 10.1. The van der Waals surface area contributed by atoms with E-state index in [4.69, 9.17) is 0 Å². The molecule has 0 radical (unpaired) electrons. The van der Waals surface area contributed by atoms with Crippen molar-refractivity contribution in [1.82, 2.24) is 4.90 Å². The van der Waals surface area contributed by atoms with Gasteiger partial charge in [-0.25, -0.2) is 5.21 Å². The van der Waals surface area contributed by atoms with Gasteiger partial charge in [-0.2, -0.15) is 4.65 Å². The third kappa shape index (κ3) is 4.77. The van der Waals surface area contributed by atoms with Crippen LogP contribution < -0.4 is 0 Å². The normalized spacial score (nSPS) is 18.9. The van der Waals surface area contributed by atoms with E-state index in [1.165, 1.54) is 11.1 Å². The van der Waals surface area contributed by atoms with Crippen LogP contribution in [-0.2, 0) is 6.54 Å². The van der Waals surface area contributed by atoms with Crippen molar-refractivity contribution in [2.75, 3.05) is 33.2 Å². The van der Waals surface area contributed by atoms with Crippen LogP contribution >= 0.6 is 0 Å². The molecule has 1 fully saturated rings. The average Bonchev–Trinajstić information content (AvgIpc) is 2.37. The van der Waals surface area contributed by atoms with E-state index in [-0.39, 0.29) is 4.65 Å². The fraction of sp³-hybridized carbons (Fsp3) is 0.600. The van der Waals surface area contributed by atoms with Crippen molar-refractivity contribution in [1.29, 1.82) is 0 Å². The van der Waals surface area contributed by atoms with E-state index in [1.807, 2.05) is 20.9 Å². The van der Waals surface area contributed by atoms with E-state index in [9.17, 15) is 5.21 Å². The summed E-state index contributed by atoms with van der Waals surface area (Å²) in [4.78, 5) is 2.40. The van der Waals surface area contributed by atoms with Crippen LogP contribution in [0.15, 0.2) is 24.3 Å². The fourth-order valence-electron chi connectivity index (χ4n) is 2.05. The summed E-state index contributed by atoms with van der Waals surface area (Å²) >= 11 is 0. The number of quaternary nitrogens is 1. The Morgan fingerprint density at radius 2 is 1.61 bits per heavy atom. The van der Waals surface area contributed by atoms with Crippen molar-refractivity contribution in [2.45, 2.75) is 27.3 Å². The number of nitrogens with zero attached hydrogens (tertiary/aromatic N) is 2. The molecule has 3 heteroatoms. The Hall–Kier alpha value is -0.900. The number of aryl methyl sites for hydroxylation is 1. The predicted molar refractivity (Wildman–Crippen MR) is 75.5 cm³/mol. The summed E-state index contributed by atoms with van der Waals surface area (Å²) in [5.74, 6) is 0. The Kier molecular flexibility index (Phi) is 5.79. The fourth-order valence-corrected chi connectivity index (χ4v) is 2.05. The van der Waals surface area contributed by atoms with Gasteiger partial charge in [0.25, 0.3) is 0 Å². The van der Waals surface area contributed by atoms with E-state index >= 15 is 0 Å². The lowest BCUT2D eigenvalue weighted by Crippen LogP contribution is -2.54. The molecule has 1 aliphatic heterocycles. The van der Waals surface area contributed by atoms with Crippen LogP contribution in [-0.4, -0.2) is 48.0 Å². The molecular formula is C15H27N2O+. The SMILES string of the molecule is CC.Cc1ccc(CN2CC[N+](C)(O)CC2)cc1. The lowest BCUT2D eigenvalue weighted by molar-refractivity contribution is -1.09. The van der Waals surface area contributed by atoms with Crippen molar-refractivity contribution in [3.05, 3.63) is 35.4 Å². The van der Waals surface area contributed by atoms with Gasteiger partial charge in [0, 0.05) is 6.54 Å². The lowest BCUT2D eigenvalue weighted by Gasteiger charge is -2.35. The number of piperazine rings is 1. The van der Waals surface area contributed by atoms with Crippen LogP contribution in [0.2, 0.25) is 0 Å². The monoisotopic (exact) mass is 251 g/mol. The second-order valence-electron chi connectivity index (χ2n) is 5.05. The number of hydroxylamine groups is 3. The Labute approximate surface area is 111 Å². The molecule has 0 atom stereocenters. The summed E-state index contributed by atoms with van der Waals surface area (Å²) in [6.45, 7) is 10.7. The third-order valence-corrected chi connectivity index (χ3v) is 3.32. The second-order valence-corrected chi connectivity index (χ2v) is 5.05. The Balaban J connectivity index is 0.000000771. The summed E-state index contributed by atoms with van der Waals surface area (Å²) in [5, 5.41) is 9.81. The van der Waals surface area contributed by atoms with Gasteiger partial charge in [0.2, 0.25) is 0 Å². The van der Waals surface area contributed by atoms with E-state index in [0.29, 0.717) is 0 Å². The molecule has 3 nitrogen and oxygen atoms in total. The molecule has 0 bridgehead atoms. The highest BCUT2D eigenvalue weighted by Gasteiger charge is 2.26. The smallest absolute Gasteiger partial charge is 0.121 e. The minimum Gasteiger partial charge on any atom is -0.288 e. The van der Waals surface area contributed by atoms with Crippen LogP contribution in [0, 0.1) is 6.92 Å². The molecule has 0 amide bonds. The van der Waals surface area contributed by atoms with Crippen molar-refractivity contribution in [3.8, 4) is 0 Å². The van der Waals surface area contributed by atoms with E-state index in [0.717, 1.165) is 32.7 Å². The summed E-state index contributed by atoms with van der Waals surface area (Å²) in [7, 11) is 1.88. The zero-order valence-electron chi connectivity index (χ0n) is 12.2. The number of likely N-dealkylation sites (N-methyl/N-ethyl adjacent to an activating group) is 1. The van der Waals surface area contributed by atoms with Gasteiger partial charge >= 0.3 is 0 Å². The maximum atomic E-state index is 9.81. The molecule has 0 spiro atoms. The summed E-state index contributed by atoms with van der Waals surface area (Å²) in [6, 6.07) is 8.70. The standard InChI is InChI=1S/C13H21N2O.C2H6/c1-12-3-5-13(6-4-12)11-14-7-9-15(2,16)10-8-14;1-2/h3-6,16H,7-11H2,1-2H3;1-2H3/q+1;. The van der Waals surface area contributed by atoms with Gasteiger partial charge in [0.15, 0.2) is 0 Å². The second kappa shape index (κ2) is 6.88. The first-order chi connectivity index (χ1) is 8.55. The van der Waals surface area contributed by atoms with E-state index in [1.54, 1.807) is 0 Å². The zero-order chi connectivity index (χ0) is 13.6. The zero-order valence-corrected chi connectivity index (χ0v) is 12.2. The van der Waals surface area contributed by atoms with Gasteiger partial charge in [-0.15, -0.1) is 0 Å². The maximum absolute atomic E-state index is 9.81. The van der Waals surface area contributed by atoms with Crippen LogP contribution in [0.4, 0.5) is 0 Å². The molecule has 1 heterocycles.